The van der Waals surface area contributed by atoms with Crippen LogP contribution < -0.4 is 31.3 Å². The maximum atomic E-state index is 14.9. The van der Waals surface area contributed by atoms with Crippen LogP contribution in [0.4, 0.5) is 16.0 Å². The molecule has 4 aromatic heterocycles. The van der Waals surface area contributed by atoms with Gasteiger partial charge in [0.25, 0.3) is 0 Å². The molecule has 220 valence electrons. The minimum absolute atomic E-state index is 0.0893. The van der Waals surface area contributed by atoms with E-state index in [2.05, 4.69) is 25.3 Å². The van der Waals surface area contributed by atoms with Crippen LogP contribution in [0.25, 0.3) is 27.6 Å². The lowest BCUT2D eigenvalue weighted by atomic mass is 10.2. The molecule has 1 amide bonds. The number of furan rings is 1. The lowest BCUT2D eigenvalue weighted by Gasteiger charge is -2.36. The largest absolute Gasteiger partial charge is 0.492 e. The van der Waals surface area contributed by atoms with Gasteiger partial charge in [-0.3, -0.25) is 19.1 Å². The van der Waals surface area contributed by atoms with Gasteiger partial charge in [0.15, 0.2) is 17.1 Å². The first-order chi connectivity index (χ1) is 20.4. The van der Waals surface area contributed by atoms with Gasteiger partial charge in [-0.05, 0) is 24.3 Å². The number of hydrogen-bond donors (Lipinski definition) is 3. The first kappa shape index (κ1) is 27.6. The van der Waals surface area contributed by atoms with Crippen LogP contribution in [0.15, 0.2) is 45.8 Å². The second kappa shape index (κ2) is 11.8. The van der Waals surface area contributed by atoms with Crippen molar-refractivity contribution in [1.82, 2.24) is 34.4 Å². The van der Waals surface area contributed by atoms with E-state index < -0.39 is 0 Å². The first-order valence-corrected chi connectivity index (χ1v) is 14.2. The number of ether oxygens (including phenoxy) is 1. The maximum Gasteiger partial charge on any atom is 0.309 e. The third-order valence-corrected chi connectivity index (χ3v) is 7.97. The number of halogens is 1. The van der Waals surface area contributed by atoms with E-state index in [0.717, 1.165) is 11.3 Å². The number of fused-ring (bicyclic) bond motifs is 3. The van der Waals surface area contributed by atoms with Crippen molar-refractivity contribution in [3.63, 3.8) is 0 Å². The van der Waals surface area contributed by atoms with Crippen molar-refractivity contribution in [3.05, 3.63) is 52.1 Å². The summed E-state index contributed by atoms with van der Waals surface area (Å²) < 4.78 is 29.4. The van der Waals surface area contributed by atoms with E-state index in [9.17, 15) is 14.0 Å². The number of aromatic nitrogens is 5. The fraction of sp³-hybridized carbons (Fsp3) is 0.346. The quantitative estimate of drug-likeness (QED) is 0.194. The van der Waals surface area contributed by atoms with Crippen LogP contribution in [0.3, 0.4) is 0 Å². The van der Waals surface area contributed by atoms with Crippen LogP contribution in [0.2, 0.25) is 0 Å². The molecule has 1 aliphatic rings. The van der Waals surface area contributed by atoms with Crippen molar-refractivity contribution in [2.45, 2.75) is 6.54 Å². The highest BCUT2D eigenvalue weighted by atomic mass is 32.1. The standard InChI is InChI=1S/C26H29FN10O4S/c27-17-14-16(40-13-5-30-20(38)15-28)3-4-18(17)35-9-6-34(7-10-35)8-11-36-23-21(42-26(36)39)24-31-22(19-2-1-12-41-19)33-37(24)25(29)32-23/h1-4,12,14H,5-11,13,15,28H2,(H2,29,32)(H,30,38). The van der Waals surface area contributed by atoms with E-state index in [-0.39, 0.29) is 42.2 Å². The zero-order valence-electron chi connectivity index (χ0n) is 22.5. The summed E-state index contributed by atoms with van der Waals surface area (Å²) in [5.74, 6) is 0.719. The van der Waals surface area contributed by atoms with Gasteiger partial charge in [0, 0.05) is 45.3 Å². The van der Waals surface area contributed by atoms with Crippen LogP contribution in [-0.2, 0) is 11.3 Å². The van der Waals surface area contributed by atoms with Crippen molar-refractivity contribution in [3.8, 4) is 17.3 Å². The first-order valence-electron chi connectivity index (χ1n) is 13.4. The average molecular weight is 597 g/mol. The van der Waals surface area contributed by atoms with Crippen LogP contribution in [0.5, 0.6) is 5.75 Å². The van der Waals surface area contributed by atoms with Crippen LogP contribution in [0.1, 0.15) is 0 Å². The minimum atomic E-state index is -0.373. The Bertz CT molecular complexity index is 1780. The van der Waals surface area contributed by atoms with E-state index in [1.807, 2.05) is 4.90 Å². The van der Waals surface area contributed by atoms with E-state index in [1.165, 1.54) is 16.8 Å². The second-order valence-electron chi connectivity index (χ2n) is 9.63. The van der Waals surface area contributed by atoms with Crippen LogP contribution in [0, 0.1) is 5.82 Å². The zero-order chi connectivity index (χ0) is 29.2. The Labute approximate surface area is 242 Å². The molecule has 1 saturated heterocycles. The Balaban J connectivity index is 1.07. The summed E-state index contributed by atoms with van der Waals surface area (Å²) >= 11 is 1.06. The van der Waals surface area contributed by atoms with Gasteiger partial charge in [0.1, 0.15) is 22.9 Å². The summed E-state index contributed by atoms with van der Waals surface area (Å²) in [5.41, 5.74) is 12.9. The lowest BCUT2D eigenvalue weighted by Crippen LogP contribution is -2.47. The number of nitrogens with one attached hydrogen (secondary N) is 1. The van der Waals surface area contributed by atoms with E-state index in [0.29, 0.717) is 78.3 Å². The zero-order valence-corrected chi connectivity index (χ0v) is 23.3. The highest BCUT2D eigenvalue weighted by Crippen LogP contribution is 2.27. The van der Waals surface area contributed by atoms with Gasteiger partial charge in [-0.2, -0.15) is 9.50 Å². The third kappa shape index (κ3) is 5.50. The third-order valence-electron chi connectivity index (χ3n) is 7.01. The second-order valence-corrected chi connectivity index (χ2v) is 10.6. The molecule has 1 aliphatic heterocycles. The van der Waals surface area contributed by atoms with Gasteiger partial charge in [-0.1, -0.05) is 11.3 Å². The molecule has 16 heteroatoms. The van der Waals surface area contributed by atoms with Crippen molar-refractivity contribution >= 4 is 44.9 Å². The molecule has 0 unspecified atom stereocenters. The molecule has 0 radical (unpaired) electrons. The Morgan fingerprint density at radius 3 is 2.71 bits per heavy atom. The fourth-order valence-electron chi connectivity index (χ4n) is 4.86. The lowest BCUT2D eigenvalue weighted by molar-refractivity contribution is -0.119. The van der Waals surface area contributed by atoms with Gasteiger partial charge in [-0.15, -0.1) is 5.10 Å². The number of rotatable bonds is 10. The Hall–Kier alpha value is -4.54. The summed E-state index contributed by atoms with van der Waals surface area (Å²) in [6.07, 6.45) is 1.53. The number of hydrogen-bond acceptors (Lipinski definition) is 12. The van der Waals surface area contributed by atoms with Crippen molar-refractivity contribution in [2.24, 2.45) is 5.73 Å². The summed E-state index contributed by atoms with van der Waals surface area (Å²) in [5, 5.41) is 6.99. The van der Waals surface area contributed by atoms with Crippen molar-refractivity contribution < 1.29 is 18.3 Å². The summed E-state index contributed by atoms with van der Waals surface area (Å²) in [6.45, 7) is 4.11. The fourth-order valence-corrected chi connectivity index (χ4v) is 5.79. The van der Waals surface area contributed by atoms with Crippen LogP contribution >= 0.6 is 11.3 Å². The molecule has 0 saturated carbocycles. The van der Waals surface area contributed by atoms with Gasteiger partial charge in [0.05, 0.1) is 25.0 Å². The number of benzene rings is 1. The molecule has 14 nitrogen and oxygen atoms in total. The van der Waals surface area contributed by atoms with Crippen molar-refractivity contribution in [1.29, 1.82) is 0 Å². The normalized spacial score (nSPS) is 14.2. The number of nitrogens with zero attached hydrogens (tertiary/aromatic N) is 7. The number of anilines is 2. The van der Waals surface area contributed by atoms with Gasteiger partial charge >= 0.3 is 4.87 Å². The van der Waals surface area contributed by atoms with E-state index in [1.54, 1.807) is 28.8 Å². The highest BCUT2D eigenvalue weighted by molar-refractivity contribution is 7.17. The molecule has 0 atom stereocenters. The molecule has 5 heterocycles. The average Bonchev–Trinajstić information content (AvgIpc) is 3.74. The molecular formula is C26H29FN10O4S. The molecule has 0 aliphatic carbocycles. The molecule has 0 spiro atoms. The van der Waals surface area contributed by atoms with E-state index in [4.69, 9.17) is 20.6 Å². The van der Waals surface area contributed by atoms with Gasteiger partial charge in [-0.25, -0.2) is 9.37 Å². The number of carbonyl (C=O) groups excluding carboxylic acids is 1. The number of carbonyl (C=O) groups is 1. The smallest absolute Gasteiger partial charge is 0.309 e. The molecular weight excluding hydrogens is 567 g/mol. The molecule has 5 N–H and O–H groups in total. The Morgan fingerprint density at radius 2 is 1.98 bits per heavy atom. The number of nitrogen functional groups attached to an aromatic ring is 1. The SMILES string of the molecule is NCC(=O)NCCOc1ccc(N2CCN(CCn3c(=O)sc4c3nc(N)n3nc(-c5ccco5)nc43)CC2)c(F)c1. The summed E-state index contributed by atoms with van der Waals surface area (Å²) in [7, 11) is 0. The molecule has 42 heavy (non-hydrogen) atoms. The van der Waals surface area contributed by atoms with E-state index >= 15 is 0 Å². The summed E-state index contributed by atoms with van der Waals surface area (Å²) in [6, 6.07) is 8.26. The molecule has 1 fully saturated rings. The number of thiazole rings is 1. The Kier molecular flexibility index (Phi) is 7.73. The van der Waals surface area contributed by atoms with Gasteiger partial charge < -0.3 is 30.8 Å². The molecule has 5 aromatic rings. The number of piperazine rings is 1. The molecule has 1 aromatic carbocycles. The predicted octanol–water partition coefficient (Wildman–Crippen LogP) is 0.758. The molecule has 0 bridgehead atoms. The van der Waals surface area contributed by atoms with Crippen LogP contribution in [-0.4, -0.2) is 87.4 Å². The number of amides is 1. The van der Waals surface area contributed by atoms with Gasteiger partial charge in [0.2, 0.25) is 17.7 Å². The topological polar surface area (TPSA) is 175 Å². The maximum absolute atomic E-state index is 14.9. The Morgan fingerprint density at radius 1 is 1.14 bits per heavy atom. The monoisotopic (exact) mass is 596 g/mol. The van der Waals surface area contributed by atoms with Crippen molar-refractivity contribution in [2.75, 3.05) is 63.1 Å². The minimum Gasteiger partial charge on any atom is -0.492 e. The highest BCUT2D eigenvalue weighted by Gasteiger charge is 2.22. The molecule has 6 rings (SSSR count). The summed E-state index contributed by atoms with van der Waals surface area (Å²) in [4.78, 5) is 37.2. The number of nitrogens with two attached hydrogens (primary N) is 2. The predicted molar refractivity (Wildman–Crippen MR) is 155 cm³/mol.